The molecule has 1 rings (SSSR count). The molecule has 0 saturated carbocycles. The Balaban J connectivity index is 3.06. The molecule has 18 heavy (non-hydrogen) atoms. The molecular weight excluding hydrogens is 254 g/mol. The van der Waals surface area contributed by atoms with E-state index >= 15 is 0 Å². The van der Waals surface area contributed by atoms with Crippen LogP contribution < -0.4 is 19.9 Å². The van der Waals surface area contributed by atoms with Gasteiger partial charge in [0.2, 0.25) is 5.75 Å². The molecule has 0 spiro atoms. The summed E-state index contributed by atoms with van der Waals surface area (Å²) in [4.78, 5) is 0. The van der Waals surface area contributed by atoms with Gasteiger partial charge in [-0.2, -0.15) is 0 Å². The van der Waals surface area contributed by atoms with Gasteiger partial charge in [-0.3, -0.25) is 0 Å². The van der Waals surface area contributed by atoms with Crippen LogP contribution in [0.5, 0.6) is 17.2 Å². The number of hydrogen-bond acceptors (Lipinski definition) is 4. The van der Waals surface area contributed by atoms with E-state index in [4.69, 9.17) is 31.5 Å². The van der Waals surface area contributed by atoms with Crippen molar-refractivity contribution in [2.24, 2.45) is 5.73 Å². The molecule has 0 aliphatic heterocycles. The van der Waals surface area contributed by atoms with Crippen LogP contribution in [0.25, 0.3) is 0 Å². The highest BCUT2D eigenvalue weighted by Gasteiger charge is 2.13. The molecule has 0 heterocycles. The zero-order valence-corrected chi connectivity index (χ0v) is 11.6. The van der Waals surface area contributed by atoms with Crippen LogP contribution in [0, 0.1) is 0 Å². The lowest BCUT2D eigenvalue weighted by Gasteiger charge is -2.15. The molecule has 5 heteroatoms. The maximum atomic E-state index is 5.66. The smallest absolute Gasteiger partial charge is 0.203 e. The van der Waals surface area contributed by atoms with Crippen molar-refractivity contribution < 1.29 is 14.2 Å². The lowest BCUT2D eigenvalue weighted by Crippen LogP contribution is -2.04. The van der Waals surface area contributed by atoms with Crippen molar-refractivity contribution in [3.63, 3.8) is 0 Å². The Morgan fingerprint density at radius 2 is 1.83 bits per heavy atom. The van der Waals surface area contributed by atoms with Crippen LogP contribution in [0.15, 0.2) is 23.2 Å². The van der Waals surface area contributed by atoms with Crippen molar-refractivity contribution in [1.82, 2.24) is 0 Å². The van der Waals surface area contributed by atoms with Gasteiger partial charge in [0.15, 0.2) is 11.5 Å². The first-order valence-electron chi connectivity index (χ1n) is 5.49. The van der Waals surface area contributed by atoms with Gasteiger partial charge in [-0.1, -0.05) is 11.6 Å². The Morgan fingerprint density at radius 1 is 1.28 bits per heavy atom. The fourth-order valence-corrected chi connectivity index (χ4v) is 1.47. The third-order valence-corrected chi connectivity index (χ3v) is 2.76. The molecule has 1 aromatic carbocycles. The predicted octanol–water partition coefficient (Wildman–Crippen LogP) is 2.68. The van der Waals surface area contributed by atoms with E-state index in [9.17, 15) is 0 Å². The first-order valence-corrected chi connectivity index (χ1v) is 5.93. The van der Waals surface area contributed by atoms with Crippen LogP contribution in [0.2, 0.25) is 0 Å². The third kappa shape index (κ3) is 3.55. The summed E-state index contributed by atoms with van der Waals surface area (Å²) in [7, 11) is 3.15. The van der Waals surface area contributed by atoms with Crippen LogP contribution in [-0.4, -0.2) is 20.8 Å². The molecule has 0 unspecified atom stereocenters. The van der Waals surface area contributed by atoms with Gasteiger partial charge in [-0.05, 0) is 30.2 Å². The topological polar surface area (TPSA) is 53.7 Å². The molecule has 0 aliphatic rings. The van der Waals surface area contributed by atoms with Gasteiger partial charge in [0.25, 0.3) is 0 Å². The normalized spacial score (nSPS) is 11.3. The quantitative estimate of drug-likeness (QED) is 0.864. The maximum absolute atomic E-state index is 5.66. The SMILES string of the molecule is COc1cc(CN)cc(OC)c1OC/C(C)=C/Cl. The minimum atomic E-state index is 0.373. The summed E-state index contributed by atoms with van der Waals surface area (Å²) in [5.74, 6) is 1.74. The van der Waals surface area contributed by atoms with E-state index < -0.39 is 0 Å². The molecule has 0 atom stereocenters. The number of hydrogen-bond donors (Lipinski definition) is 1. The summed E-state index contributed by atoms with van der Waals surface area (Å²) < 4.78 is 16.2. The average molecular weight is 272 g/mol. The lowest BCUT2D eigenvalue weighted by molar-refractivity contribution is 0.295. The Hall–Kier alpha value is -1.39. The van der Waals surface area contributed by atoms with Gasteiger partial charge in [0.05, 0.1) is 14.2 Å². The zero-order chi connectivity index (χ0) is 13.5. The third-order valence-electron chi connectivity index (χ3n) is 2.39. The molecule has 0 aliphatic carbocycles. The fourth-order valence-electron chi connectivity index (χ4n) is 1.41. The first kappa shape index (κ1) is 14.7. The van der Waals surface area contributed by atoms with Crippen molar-refractivity contribution >= 4 is 11.6 Å². The standard InChI is InChI=1S/C13H18ClNO3/c1-9(6-14)8-18-13-11(16-2)4-10(7-15)5-12(13)17-3/h4-6H,7-8,15H2,1-3H3/b9-6+. The van der Waals surface area contributed by atoms with Gasteiger partial charge >= 0.3 is 0 Å². The molecular formula is C13H18ClNO3. The van der Waals surface area contributed by atoms with Gasteiger partial charge in [-0.15, -0.1) is 0 Å². The second kappa shape index (κ2) is 7.13. The molecule has 0 saturated heterocycles. The van der Waals surface area contributed by atoms with Crippen LogP contribution in [-0.2, 0) is 6.54 Å². The van der Waals surface area contributed by atoms with Gasteiger partial charge in [0.1, 0.15) is 6.61 Å². The van der Waals surface area contributed by atoms with E-state index in [1.54, 1.807) is 14.2 Å². The molecule has 0 bridgehead atoms. The summed E-state index contributed by atoms with van der Waals surface area (Å²) in [6, 6.07) is 3.66. The van der Waals surface area contributed by atoms with Crippen LogP contribution in [0.4, 0.5) is 0 Å². The molecule has 0 amide bonds. The van der Waals surface area contributed by atoms with Crippen molar-refractivity contribution in [3.8, 4) is 17.2 Å². The number of rotatable bonds is 6. The summed E-state index contributed by atoms with van der Waals surface area (Å²) in [5, 5.41) is 0. The Morgan fingerprint density at radius 3 is 2.22 bits per heavy atom. The second-order valence-corrected chi connectivity index (χ2v) is 4.00. The maximum Gasteiger partial charge on any atom is 0.203 e. The molecule has 0 radical (unpaired) electrons. The summed E-state index contributed by atoms with van der Waals surface area (Å²) in [6.07, 6.45) is 0. The highest BCUT2D eigenvalue weighted by Crippen LogP contribution is 2.38. The number of nitrogens with two attached hydrogens (primary N) is 1. The zero-order valence-electron chi connectivity index (χ0n) is 10.8. The molecule has 0 aromatic heterocycles. The van der Waals surface area contributed by atoms with Crippen LogP contribution in [0.1, 0.15) is 12.5 Å². The number of methoxy groups -OCH3 is 2. The minimum Gasteiger partial charge on any atom is -0.493 e. The first-order chi connectivity index (χ1) is 8.65. The van der Waals surface area contributed by atoms with E-state index in [0.29, 0.717) is 30.4 Å². The predicted molar refractivity (Wildman–Crippen MR) is 72.5 cm³/mol. The van der Waals surface area contributed by atoms with Gasteiger partial charge in [-0.25, -0.2) is 0 Å². The summed E-state index contributed by atoms with van der Waals surface area (Å²) in [6.45, 7) is 2.66. The monoisotopic (exact) mass is 271 g/mol. The molecule has 4 nitrogen and oxygen atoms in total. The van der Waals surface area contributed by atoms with Crippen molar-refractivity contribution in [1.29, 1.82) is 0 Å². The van der Waals surface area contributed by atoms with Gasteiger partial charge in [0, 0.05) is 12.1 Å². The van der Waals surface area contributed by atoms with E-state index in [0.717, 1.165) is 11.1 Å². The van der Waals surface area contributed by atoms with Crippen LogP contribution >= 0.6 is 11.6 Å². The van der Waals surface area contributed by atoms with E-state index in [2.05, 4.69) is 0 Å². The Kier molecular flexibility index (Phi) is 5.82. The fraction of sp³-hybridized carbons (Fsp3) is 0.385. The largest absolute Gasteiger partial charge is 0.493 e. The molecule has 0 fully saturated rings. The summed E-state index contributed by atoms with van der Waals surface area (Å²) in [5.41, 5.74) is 8.92. The van der Waals surface area contributed by atoms with Crippen molar-refractivity contribution in [2.75, 3.05) is 20.8 Å². The van der Waals surface area contributed by atoms with Crippen LogP contribution in [0.3, 0.4) is 0 Å². The van der Waals surface area contributed by atoms with Crippen molar-refractivity contribution in [2.45, 2.75) is 13.5 Å². The highest BCUT2D eigenvalue weighted by atomic mass is 35.5. The van der Waals surface area contributed by atoms with E-state index in [1.165, 1.54) is 5.54 Å². The lowest BCUT2D eigenvalue weighted by atomic mass is 10.2. The van der Waals surface area contributed by atoms with Crippen molar-refractivity contribution in [3.05, 3.63) is 28.8 Å². The number of ether oxygens (including phenoxy) is 3. The minimum absolute atomic E-state index is 0.373. The van der Waals surface area contributed by atoms with E-state index in [1.807, 2.05) is 19.1 Å². The Bertz CT molecular complexity index is 407. The molecule has 2 N–H and O–H groups in total. The number of benzene rings is 1. The molecule has 100 valence electrons. The average Bonchev–Trinajstić information content (AvgIpc) is 2.43. The van der Waals surface area contributed by atoms with Gasteiger partial charge < -0.3 is 19.9 Å². The second-order valence-electron chi connectivity index (χ2n) is 3.78. The highest BCUT2D eigenvalue weighted by molar-refractivity contribution is 6.25. The Labute approximate surface area is 112 Å². The number of halogens is 1. The molecule has 1 aromatic rings. The van der Waals surface area contributed by atoms with E-state index in [-0.39, 0.29) is 0 Å². The summed E-state index contributed by atoms with van der Waals surface area (Å²) >= 11 is 5.59.